The fourth-order valence-electron chi connectivity index (χ4n) is 2.13. The highest BCUT2D eigenvalue weighted by molar-refractivity contribution is 5.75. The molecule has 0 radical (unpaired) electrons. The maximum Gasteiger partial charge on any atom is 0.222 e. The Kier molecular flexibility index (Phi) is 7.21. The zero-order valence-corrected chi connectivity index (χ0v) is 11.4. The molecule has 17 heavy (non-hydrogen) atoms. The van der Waals surface area contributed by atoms with Gasteiger partial charge in [-0.3, -0.25) is 9.69 Å². The molecule has 1 heterocycles. The number of carbonyl (C=O) groups is 1. The van der Waals surface area contributed by atoms with Crippen LogP contribution in [0, 0.1) is 0 Å². The van der Waals surface area contributed by atoms with E-state index in [9.17, 15) is 4.79 Å². The van der Waals surface area contributed by atoms with Crippen molar-refractivity contribution < 1.29 is 4.79 Å². The van der Waals surface area contributed by atoms with E-state index < -0.39 is 0 Å². The molecule has 1 amide bonds. The van der Waals surface area contributed by atoms with Crippen molar-refractivity contribution in [2.45, 2.75) is 33.1 Å². The maximum atomic E-state index is 11.8. The molecular formula is C13H27N3O. The zero-order chi connectivity index (χ0) is 12.5. The van der Waals surface area contributed by atoms with Crippen molar-refractivity contribution in [3.63, 3.8) is 0 Å². The Hall–Kier alpha value is -0.610. The SMILES string of the molecule is CCCCN(CCN1CCNCC1)C(=O)CC. The zero-order valence-electron chi connectivity index (χ0n) is 11.4. The number of rotatable bonds is 7. The summed E-state index contributed by atoms with van der Waals surface area (Å²) < 4.78 is 0. The van der Waals surface area contributed by atoms with E-state index in [1.165, 1.54) is 0 Å². The lowest BCUT2D eigenvalue weighted by Crippen LogP contribution is -2.47. The summed E-state index contributed by atoms with van der Waals surface area (Å²) in [5.41, 5.74) is 0. The molecule has 1 aliphatic heterocycles. The summed E-state index contributed by atoms with van der Waals surface area (Å²) in [6.07, 6.45) is 2.90. The van der Waals surface area contributed by atoms with E-state index >= 15 is 0 Å². The number of unbranched alkanes of at least 4 members (excludes halogenated alkanes) is 1. The first-order valence-corrected chi connectivity index (χ1v) is 6.98. The van der Waals surface area contributed by atoms with Gasteiger partial charge in [0.25, 0.3) is 0 Å². The number of carbonyl (C=O) groups excluding carboxylic acids is 1. The highest BCUT2D eigenvalue weighted by atomic mass is 16.2. The summed E-state index contributed by atoms with van der Waals surface area (Å²) in [4.78, 5) is 16.3. The van der Waals surface area contributed by atoms with E-state index in [2.05, 4.69) is 17.1 Å². The van der Waals surface area contributed by atoms with Crippen LogP contribution in [0.15, 0.2) is 0 Å². The molecule has 0 atom stereocenters. The van der Waals surface area contributed by atoms with Gasteiger partial charge in [-0.1, -0.05) is 20.3 Å². The molecule has 100 valence electrons. The molecule has 0 aromatic rings. The van der Waals surface area contributed by atoms with Gasteiger partial charge in [0.2, 0.25) is 5.91 Å². The number of hydrogen-bond donors (Lipinski definition) is 1. The molecule has 1 rings (SSSR count). The Morgan fingerprint density at radius 1 is 1.24 bits per heavy atom. The van der Waals surface area contributed by atoms with Gasteiger partial charge in [-0.15, -0.1) is 0 Å². The van der Waals surface area contributed by atoms with Crippen molar-refractivity contribution in [2.24, 2.45) is 0 Å². The van der Waals surface area contributed by atoms with Gasteiger partial charge in [0.1, 0.15) is 0 Å². The fourth-order valence-corrected chi connectivity index (χ4v) is 2.13. The summed E-state index contributed by atoms with van der Waals surface area (Å²) in [7, 11) is 0. The Bertz CT molecular complexity index is 215. The van der Waals surface area contributed by atoms with Crippen molar-refractivity contribution in [1.29, 1.82) is 0 Å². The highest BCUT2D eigenvalue weighted by Crippen LogP contribution is 2.00. The minimum Gasteiger partial charge on any atom is -0.341 e. The molecule has 1 N–H and O–H groups in total. The first-order chi connectivity index (χ1) is 8.27. The molecule has 4 nitrogen and oxygen atoms in total. The van der Waals surface area contributed by atoms with E-state index in [-0.39, 0.29) is 0 Å². The second-order valence-corrected chi connectivity index (χ2v) is 4.68. The normalized spacial score (nSPS) is 17.1. The summed E-state index contributed by atoms with van der Waals surface area (Å²) in [5.74, 6) is 0.300. The monoisotopic (exact) mass is 241 g/mol. The summed E-state index contributed by atoms with van der Waals surface area (Å²) in [6, 6.07) is 0. The molecule has 0 saturated carbocycles. The summed E-state index contributed by atoms with van der Waals surface area (Å²) >= 11 is 0. The van der Waals surface area contributed by atoms with Crippen LogP contribution >= 0.6 is 0 Å². The standard InChI is InChI=1S/C13H27N3O/c1-3-5-8-16(13(17)4-2)12-11-15-9-6-14-7-10-15/h14H,3-12H2,1-2H3. The van der Waals surface area contributed by atoms with Crippen molar-refractivity contribution in [3.05, 3.63) is 0 Å². The Morgan fingerprint density at radius 3 is 2.53 bits per heavy atom. The number of piperazine rings is 1. The van der Waals surface area contributed by atoms with Crippen LogP contribution in [0.1, 0.15) is 33.1 Å². The lowest BCUT2D eigenvalue weighted by molar-refractivity contribution is -0.131. The molecule has 1 saturated heterocycles. The summed E-state index contributed by atoms with van der Waals surface area (Å²) in [5, 5.41) is 3.35. The third-order valence-electron chi connectivity index (χ3n) is 3.33. The second kappa shape index (κ2) is 8.48. The first kappa shape index (κ1) is 14.5. The van der Waals surface area contributed by atoms with Crippen LogP contribution in [-0.4, -0.2) is 61.5 Å². The van der Waals surface area contributed by atoms with Crippen LogP contribution in [0.25, 0.3) is 0 Å². The van der Waals surface area contributed by atoms with Crippen LogP contribution < -0.4 is 5.32 Å². The van der Waals surface area contributed by atoms with Gasteiger partial charge in [-0.25, -0.2) is 0 Å². The predicted octanol–water partition coefficient (Wildman–Crippen LogP) is 0.930. The Labute approximate surface area is 105 Å². The summed E-state index contributed by atoms with van der Waals surface area (Å²) in [6.45, 7) is 11.4. The predicted molar refractivity (Wildman–Crippen MR) is 71.1 cm³/mol. The Morgan fingerprint density at radius 2 is 1.94 bits per heavy atom. The van der Waals surface area contributed by atoms with Gasteiger partial charge in [-0.05, 0) is 6.42 Å². The molecule has 0 aliphatic carbocycles. The van der Waals surface area contributed by atoms with Crippen LogP contribution in [0.2, 0.25) is 0 Å². The van der Waals surface area contributed by atoms with E-state index in [0.29, 0.717) is 12.3 Å². The molecule has 0 unspecified atom stereocenters. The molecular weight excluding hydrogens is 214 g/mol. The molecule has 1 aliphatic rings. The number of amides is 1. The Balaban J connectivity index is 2.28. The van der Waals surface area contributed by atoms with E-state index in [4.69, 9.17) is 0 Å². The molecule has 0 aromatic carbocycles. The van der Waals surface area contributed by atoms with Crippen molar-refractivity contribution >= 4 is 5.91 Å². The van der Waals surface area contributed by atoms with Gasteiger partial charge in [0.05, 0.1) is 0 Å². The van der Waals surface area contributed by atoms with Gasteiger partial charge in [0.15, 0.2) is 0 Å². The van der Waals surface area contributed by atoms with Crippen molar-refractivity contribution in [1.82, 2.24) is 15.1 Å². The molecule has 0 spiro atoms. The maximum absolute atomic E-state index is 11.8. The fraction of sp³-hybridized carbons (Fsp3) is 0.923. The molecule has 1 fully saturated rings. The molecule has 0 aromatic heterocycles. The van der Waals surface area contributed by atoms with Gasteiger partial charge in [0, 0.05) is 52.2 Å². The van der Waals surface area contributed by atoms with E-state index in [1.54, 1.807) is 0 Å². The minimum atomic E-state index is 0.300. The first-order valence-electron chi connectivity index (χ1n) is 6.98. The van der Waals surface area contributed by atoms with E-state index in [0.717, 1.165) is 58.7 Å². The third-order valence-corrected chi connectivity index (χ3v) is 3.33. The van der Waals surface area contributed by atoms with Crippen molar-refractivity contribution in [2.75, 3.05) is 45.8 Å². The van der Waals surface area contributed by atoms with Crippen LogP contribution in [0.3, 0.4) is 0 Å². The topological polar surface area (TPSA) is 35.6 Å². The van der Waals surface area contributed by atoms with Crippen LogP contribution in [0.4, 0.5) is 0 Å². The lowest BCUT2D eigenvalue weighted by Gasteiger charge is -2.30. The van der Waals surface area contributed by atoms with Crippen LogP contribution in [-0.2, 0) is 4.79 Å². The number of nitrogens with zero attached hydrogens (tertiary/aromatic N) is 2. The lowest BCUT2D eigenvalue weighted by atomic mass is 10.2. The van der Waals surface area contributed by atoms with Crippen LogP contribution in [0.5, 0.6) is 0 Å². The van der Waals surface area contributed by atoms with Gasteiger partial charge < -0.3 is 10.2 Å². The average molecular weight is 241 g/mol. The average Bonchev–Trinajstić information content (AvgIpc) is 2.39. The smallest absolute Gasteiger partial charge is 0.222 e. The number of hydrogen-bond acceptors (Lipinski definition) is 3. The van der Waals surface area contributed by atoms with Gasteiger partial charge in [-0.2, -0.15) is 0 Å². The van der Waals surface area contributed by atoms with E-state index in [1.807, 2.05) is 11.8 Å². The molecule has 0 bridgehead atoms. The second-order valence-electron chi connectivity index (χ2n) is 4.68. The minimum absolute atomic E-state index is 0.300. The van der Waals surface area contributed by atoms with Crippen molar-refractivity contribution in [3.8, 4) is 0 Å². The quantitative estimate of drug-likeness (QED) is 0.720. The highest BCUT2D eigenvalue weighted by Gasteiger charge is 2.14. The van der Waals surface area contributed by atoms with Gasteiger partial charge >= 0.3 is 0 Å². The third kappa shape index (κ3) is 5.50. The molecule has 4 heteroatoms. The number of nitrogens with one attached hydrogen (secondary N) is 1. The largest absolute Gasteiger partial charge is 0.341 e.